The van der Waals surface area contributed by atoms with Crippen molar-refractivity contribution in [2.45, 2.75) is 0 Å². The number of rotatable bonds is 3. The maximum absolute atomic E-state index is 11.7. The van der Waals surface area contributed by atoms with Gasteiger partial charge in [0.1, 0.15) is 0 Å². The highest BCUT2D eigenvalue weighted by Crippen LogP contribution is 2.69. The van der Waals surface area contributed by atoms with Crippen LogP contribution in [0.2, 0.25) is 0 Å². The molecule has 1 saturated carbocycles. The molecule has 0 bridgehead atoms. The summed E-state index contributed by atoms with van der Waals surface area (Å²) >= 11 is 0. The zero-order chi connectivity index (χ0) is 15.7. The smallest absolute Gasteiger partial charge is 0.241 e. The molecule has 102 valence electrons. The molecule has 1 aliphatic carbocycles. The standard InChI is InChI=1S/C14H10N6O/c15-6-13(7-16)11(14(13,8-17)12(18)21)10(20-19)9-4-2-1-3-5-9/h1-5,11H,19H2,(H2,18,21)/b20-10-/t11-,14+/m0/s1. The van der Waals surface area contributed by atoms with Crippen molar-refractivity contribution in [3.05, 3.63) is 35.9 Å². The molecule has 0 unspecified atom stereocenters. The van der Waals surface area contributed by atoms with Crippen LogP contribution in [0.15, 0.2) is 35.4 Å². The normalized spacial score (nSPS) is 26.0. The largest absolute Gasteiger partial charge is 0.368 e. The molecule has 2 atom stereocenters. The van der Waals surface area contributed by atoms with Crippen molar-refractivity contribution in [1.29, 1.82) is 15.8 Å². The molecule has 1 amide bonds. The van der Waals surface area contributed by atoms with E-state index in [0.29, 0.717) is 5.56 Å². The van der Waals surface area contributed by atoms with Crippen molar-refractivity contribution in [1.82, 2.24) is 0 Å². The molecule has 0 aromatic heterocycles. The Labute approximate surface area is 120 Å². The van der Waals surface area contributed by atoms with E-state index in [9.17, 15) is 20.6 Å². The molecule has 1 aromatic carbocycles. The SMILES string of the molecule is N#CC1(C#N)[C@H](/C(=N\N)c2ccccc2)[C@]1(C#N)C(N)=O. The maximum atomic E-state index is 11.7. The van der Waals surface area contributed by atoms with Gasteiger partial charge in [-0.15, -0.1) is 0 Å². The van der Waals surface area contributed by atoms with Gasteiger partial charge in [0.15, 0.2) is 10.8 Å². The average Bonchev–Trinajstić information content (AvgIpc) is 3.13. The van der Waals surface area contributed by atoms with Gasteiger partial charge in [-0.25, -0.2) is 0 Å². The molecule has 7 nitrogen and oxygen atoms in total. The van der Waals surface area contributed by atoms with E-state index in [1.807, 2.05) is 0 Å². The number of nitrogens with two attached hydrogens (primary N) is 2. The van der Waals surface area contributed by atoms with Crippen LogP contribution in [0.4, 0.5) is 0 Å². The highest BCUT2D eigenvalue weighted by molar-refractivity contribution is 6.12. The lowest BCUT2D eigenvalue weighted by molar-refractivity contribution is -0.121. The Balaban J connectivity index is 2.64. The molecule has 0 saturated heterocycles. The van der Waals surface area contributed by atoms with Crippen LogP contribution in [0, 0.1) is 50.7 Å². The number of carbonyl (C=O) groups is 1. The third kappa shape index (κ3) is 1.51. The Morgan fingerprint density at radius 3 is 2.05 bits per heavy atom. The summed E-state index contributed by atoms with van der Waals surface area (Å²) in [6.45, 7) is 0. The molecule has 0 spiro atoms. The molecule has 1 aromatic rings. The summed E-state index contributed by atoms with van der Waals surface area (Å²) in [5.41, 5.74) is 2.12. The van der Waals surface area contributed by atoms with Crippen molar-refractivity contribution >= 4 is 11.6 Å². The first kappa shape index (κ1) is 14.0. The fourth-order valence-corrected chi connectivity index (χ4v) is 2.68. The molecule has 0 aliphatic heterocycles. The third-order valence-corrected chi connectivity index (χ3v) is 3.80. The van der Waals surface area contributed by atoms with Crippen molar-refractivity contribution in [3.63, 3.8) is 0 Å². The molecule has 0 radical (unpaired) electrons. The summed E-state index contributed by atoms with van der Waals surface area (Å²) < 4.78 is 0. The quantitative estimate of drug-likeness (QED) is 0.453. The van der Waals surface area contributed by atoms with E-state index in [0.717, 1.165) is 0 Å². The summed E-state index contributed by atoms with van der Waals surface area (Å²) in [6, 6.07) is 13.7. The van der Waals surface area contributed by atoms with Crippen molar-refractivity contribution in [2.24, 2.45) is 33.4 Å². The molecule has 21 heavy (non-hydrogen) atoms. The monoisotopic (exact) mass is 278 g/mol. The van der Waals surface area contributed by atoms with E-state index in [4.69, 9.17) is 11.6 Å². The van der Waals surface area contributed by atoms with Gasteiger partial charge in [0, 0.05) is 0 Å². The number of amides is 1. The first-order valence-electron chi connectivity index (χ1n) is 5.92. The van der Waals surface area contributed by atoms with E-state index in [1.54, 1.807) is 48.5 Å². The van der Waals surface area contributed by atoms with Gasteiger partial charge in [-0.05, 0) is 5.56 Å². The fourth-order valence-electron chi connectivity index (χ4n) is 2.68. The van der Waals surface area contributed by atoms with Gasteiger partial charge < -0.3 is 11.6 Å². The molecule has 0 heterocycles. The van der Waals surface area contributed by atoms with Gasteiger partial charge in [-0.2, -0.15) is 20.9 Å². The second-order valence-corrected chi connectivity index (χ2v) is 4.63. The molecule has 4 N–H and O–H groups in total. The lowest BCUT2D eigenvalue weighted by Crippen LogP contribution is -2.29. The number of hydrogen-bond donors (Lipinski definition) is 2. The molecular weight excluding hydrogens is 268 g/mol. The zero-order valence-electron chi connectivity index (χ0n) is 10.8. The summed E-state index contributed by atoms with van der Waals surface area (Å²) in [5, 5.41) is 31.5. The number of carbonyl (C=O) groups excluding carboxylic acids is 1. The topological polar surface area (TPSA) is 153 Å². The number of primary amides is 1. The van der Waals surface area contributed by atoms with Crippen LogP contribution >= 0.6 is 0 Å². The highest BCUT2D eigenvalue weighted by atomic mass is 16.1. The Morgan fingerprint density at radius 2 is 1.71 bits per heavy atom. The van der Waals surface area contributed by atoms with E-state index < -0.39 is 22.7 Å². The third-order valence-electron chi connectivity index (χ3n) is 3.80. The first-order chi connectivity index (χ1) is 10.1. The minimum Gasteiger partial charge on any atom is -0.368 e. The Bertz CT molecular complexity index is 734. The van der Waals surface area contributed by atoms with Crippen LogP contribution in [0.25, 0.3) is 0 Å². The van der Waals surface area contributed by atoms with Gasteiger partial charge in [0.05, 0.1) is 29.8 Å². The van der Waals surface area contributed by atoms with Crippen LogP contribution in [0.1, 0.15) is 5.56 Å². The van der Waals surface area contributed by atoms with Gasteiger partial charge in [-0.3, -0.25) is 4.79 Å². The minimum atomic E-state index is -1.94. The van der Waals surface area contributed by atoms with Crippen LogP contribution in [-0.4, -0.2) is 11.6 Å². The lowest BCUT2D eigenvalue weighted by atomic mass is 9.96. The van der Waals surface area contributed by atoms with E-state index in [1.165, 1.54) is 0 Å². The predicted octanol–water partition coefficient (Wildman–Crippen LogP) is 0.00804. The Hall–Kier alpha value is -3.37. The second-order valence-electron chi connectivity index (χ2n) is 4.63. The average molecular weight is 278 g/mol. The number of benzene rings is 1. The van der Waals surface area contributed by atoms with E-state index in [-0.39, 0.29) is 5.71 Å². The molecule has 1 aliphatic rings. The predicted molar refractivity (Wildman–Crippen MR) is 71.6 cm³/mol. The van der Waals surface area contributed by atoms with E-state index >= 15 is 0 Å². The maximum Gasteiger partial charge on any atom is 0.241 e. The Kier molecular flexibility index (Phi) is 3.10. The van der Waals surface area contributed by atoms with Crippen molar-refractivity contribution in [3.8, 4) is 18.2 Å². The van der Waals surface area contributed by atoms with Gasteiger partial charge in [-0.1, -0.05) is 30.3 Å². The summed E-state index contributed by atoms with van der Waals surface area (Å²) in [7, 11) is 0. The van der Waals surface area contributed by atoms with Crippen LogP contribution in [-0.2, 0) is 4.79 Å². The highest BCUT2D eigenvalue weighted by Gasteiger charge is 2.85. The summed E-state index contributed by atoms with van der Waals surface area (Å²) in [5.74, 6) is 3.25. The zero-order valence-corrected chi connectivity index (χ0v) is 10.8. The molecular formula is C14H10N6O. The number of nitrogens with zero attached hydrogens (tertiary/aromatic N) is 4. The first-order valence-corrected chi connectivity index (χ1v) is 5.92. The molecule has 2 rings (SSSR count). The van der Waals surface area contributed by atoms with Crippen LogP contribution in [0.3, 0.4) is 0 Å². The lowest BCUT2D eigenvalue weighted by Gasteiger charge is -2.05. The second kappa shape index (κ2) is 4.63. The van der Waals surface area contributed by atoms with Gasteiger partial charge in [0.2, 0.25) is 5.91 Å². The number of nitriles is 3. The molecule has 7 heteroatoms. The summed E-state index contributed by atoms with van der Waals surface area (Å²) in [4.78, 5) is 11.7. The molecule has 1 fully saturated rings. The van der Waals surface area contributed by atoms with Crippen LogP contribution < -0.4 is 11.6 Å². The van der Waals surface area contributed by atoms with Crippen molar-refractivity contribution in [2.75, 3.05) is 0 Å². The van der Waals surface area contributed by atoms with Gasteiger partial charge in [0.25, 0.3) is 0 Å². The van der Waals surface area contributed by atoms with E-state index in [2.05, 4.69) is 5.10 Å². The van der Waals surface area contributed by atoms with Gasteiger partial charge >= 0.3 is 0 Å². The fraction of sp³-hybridized carbons (Fsp3) is 0.214. The number of hydrogen-bond acceptors (Lipinski definition) is 6. The minimum absolute atomic E-state index is 0.138. The van der Waals surface area contributed by atoms with Crippen LogP contribution in [0.5, 0.6) is 0 Å². The number of hydrazone groups is 1. The van der Waals surface area contributed by atoms with Crippen molar-refractivity contribution < 1.29 is 4.79 Å². The summed E-state index contributed by atoms with van der Waals surface area (Å²) in [6.07, 6.45) is 0. The Morgan fingerprint density at radius 1 is 1.14 bits per heavy atom.